The van der Waals surface area contributed by atoms with Crippen LogP contribution in [0.25, 0.3) is 10.9 Å². The number of hydrogen-bond donors (Lipinski definition) is 0. The van der Waals surface area contributed by atoms with Crippen molar-refractivity contribution in [1.82, 2.24) is 9.55 Å². The monoisotopic (exact) mass is 418 g/mol. The van der Waals surface area contributed by atoms with Crippen LogP contribution in [0.15, 0.2) is 88.1 Å². The van der Waals surface area contributed by atoms with Crippen LogP contribution >= 0.6 is 15.9 Å². The van der Waals surface area contributed by atoms with Gasteiger partial charge in [0.25, 0.3) is 5.56 Å². The van der Waals surface area contributed by atoms with E-state index in [0.717, 1.165) is 26.9 Å². The van der Waals surface area contributed by atoms with Crippen LogP contribution in [-0.4, -0.2) is 9.55 Å². The molecule has 0 saturated carbocycles. The largest absolute Gasteiger partial charge is 0.284 e. The number of hydrogen-bond acceptors (Lipinski definition) is 2. The fourth-order valence-corrected chi connectivity index (χ4v) is 3.85. The summed E-state index contributed by atoms with van der Waals surface area (Å²) in [6, 6.07) is 25.7. The zero-order chi connectivity index (χ0) is 18.8. The van der Waals surface area contributed by atoms with Gasteiger partial charge in [0, 0.05) is 10.9 Å². The van der Waals surface area contributed by atoms with Crippen molar-refractivity contribution in [3.05, 3.63) is 111 Å². The predicted molar refractivity (Wildman–Crippen MR) is 113 cm³/mol. The minimum Gasteiger partial charge on any atom is -0.284 e. The minimum absolute atomic E-state index is 0.0177. The van der Waals surface area contributed by atoms with Gasteiger partial charge in [0.1, 0.15) is 5.82 Å². The first-order valence-corrected chi connectivity index (χ1v) is 9.79. The molecule has 0 unspecified atom stereocenters. The molecular weight excluding hydrogens is 400 g/mol. The predicted octanol–water partition coefficient (Wildman–Crippen LogP) is 5.36. The van der Waals surface area contributed by atoms with Gasteiger partial charge in [-0.25, -0.2) is 4.98 Å². The van der Waals surface area contributed by atoms with Crippen molar-refractivity contribution in [2.75, 3.05) is 0 Å². The van der Waals surface area contributed by atoms with Gasteiger partial charge in [-0.1, -0.05) is 83.5 Å². The first-order valence-electron chi connectivity index (χ1n) is 8.99. The molecule has 27 heavy (non-hydrogen) atoms. The van der Waals surface area contributed by atoms with E-state index in [-0.39, 0.29) is 11.6 Å². The number of benzene rings is 3. The molecule has 0 fully saturated rings. The van der Waals surface area contributed by atoms with Crippen LogP contribution in [0.4, 0.5) is 0 Å². The van der Waals surface area contributed by atoms with Crippen LogP contribution in [0.5, 0.6) is 0 Å². The maximum Gasteiger partial charge on any atom is 0.262 e. The van der Waals surface area contributed by atoms with E-state index in [1.54, 1.807) is 0 Å². The van der Waals surface area contributed by atoms with E-state index >= 15 is 0 Å². The van der Waals surface area contributed by atoms with Crippen molar-refractivity contribution in [1.29, 1.82) is 0 Å². The number of halogens is 1. The highest BCUT2D eigenvalue weighted by Gasteiger charge is 2.22. The lowest BCUT2D eigenvalue weighted by molar-refractivity contribution is 0.604. The number of aromatic nitrogens is 2. The van der Waals surface area contributed by atoms with Crippen molar-refractivity contribution in [2.45, 2.75) is 19.4 Å². The summed E-state index contributed by atoms with van der Waals surface area (Å²) in [6.07, 6.45) is 0.678. The summed E-state index contributed by atoms with van der Waals surface area (Å²) >= 11 is 3.48. The molecule has 1 heterocycles. The number of nitrogens with zero attached hydrogens (tertiary/aromatic N) is 2. The molecule has 4 heteroatoms. The van der Waals surface area contributed by atoms with Gasteiger partial charge in [0.05, 0.1) is 16.9 Å². The van der Waals surface area contributed by atoms with Crippen LogP contribution < -0.4 is 5.56 Å². The molecule has 0 saturated heterocycles. The van der Waals surface area contributed by atoms with E-state index < -0.39 is 0 Å². The Bertz CT molecular complexity index is 1100. The smallest absolute Gasteiger partial charge is 0.262 e. The number of fused-ring (bicyclic) bond motifs is 1. The highest BCUT2D eigenvalue weighted by Crippen LogP contribution is 2.27. The minimum atomic E-state index is -0.217. The van der Waals surface area contributed by atoms with Crippen molar-refractivity contribution >= 4 is 26.8 Å². The lowest BCUT2D eigenvalue weighted by Crippen LogP contribution is -2.30. The Kier molecular flexibility index (Phi) is 4.90. The summed E-state index contributed by atoms with van der Waals surface area (Å²) in [5.74, 6) is 0.785. The fraction of sp³-hybridized carbons (Fsp3) is 0.130. The highest BCUT2D eigenvalue weighted by atomic mass is 79.9. The molecule has 0 amide bonds. The van der Waals surface area contributed by atoms with Crippen LogP contribution in [0, 0.1) is 0 Å². The van der Waals surface area contributed by atoms with Gasteiger partial charge in [-0.05, 0) is 29.3 Å². The van der Waals surface area contributed by atoms with Crippen LogP contribution in [0.1, 0.15) is 29.9 Å². The second kappa shape index (κ2) is 7.49. The van der Waals surface area contributed by atoms with Gasteiger partial charge in [0.15, 0.2) is 0 Å². The van der Waals surface area contributed by atoms with E-state index in [1.165, 1.54) is 0 Å². The average molecular weight is 419 g/mol. The van der Waals surface area contributed by atoms with Crippen LogP contribution in [-0.2, 0) is 6.42 Å². The molecule has 0 bridgehead atoms. The Balaban J connectivity index is 2.07. The summed E-state index contributed by atoms with van der Waals surface area (Å²) in [6.45, 7) is 2.04. The second-order valence-electron chi connectivity index (χ2n) is 6.44. The third kappa shape index (κ3) is 3.33. The summed E-state index contributed by atoms with van der Waals surface area (Å²) < 4.78 is 2.72. The second-order valence-corrected chi connectivity index (χ2v) is 7.36. The third-order valence-corrected chi connectivity index (χ3v) is 5.23. The number of rotatable bonds is 4. The molecule has 0 atom stereocenters. The Morgan fingerprint density at radius 3 is 2.07 bits per heavy atom. The lowest BCUT2D eigenvalue weighted by atomic mass is 9.98. The first kappa shape index (κ1) is 17.7. The zero-order valence-corrected chi connectivity index (χ0v) is 16.6. The molecule has 134 valence electrons. The standard InChI is InChI=1S/C23H19BrN2O/c1-2-21-25-20-14-13-18(24)15-19(20)23(27)26(21)22(16-9-5-3-6-10-16)17-11-7-4-8-12-17/h3-15,22H,2H2,1H3. The van der Waals surface area contributed by atoms with E-state index in [9.17, 15) is 4.79 Å². The van der Waals surface area contributed by atoms with E-state index in [4.69, 9.17) is 4.98 Å². The van der Waals surface area contributed by atoms with E-state index in [2.05, 4.69) is 40.2 Å². The summed E-state index contributed by atoms with van der Waals surface area (Å²) in [5.41, 5.74) is 2.85. The Labute approximate surface area is 166 Å². The molecule has 0 radical (unpaired) electrons. The number of aryl methyl sites for hydroxylation is 1. The molecule has 4 rings (SSSR count). The molecule has 0 aliphatic rings. The van der Waals surface area contributed by atoms with Gasteiger partial charge < -0.3 is 0 Å². The van der Waals surface area contributed by atoms with Gasteiger partial charge in [-0.15, -0.1) is 0 Å². The molecule has 0 aliphatic carbocycles. The van der Waals surface area contributed by atoms with Crippen molar-refractivity contribution in [2.24, 2.45) is 0 Å². The van der Waals surface area contributed by atoms with Gasteiger partial charge >= 0.3 is 0 Å². The Morgan fingerprint density at radius 1 is 0.926 bits per heavy atom. The Morgan fingerprint density at radius 2 is 1.52 bits per heavy atom. The van der Waals surface area contributed by atoms with Gasteiger partial charge in [0.2, 0.25) is 0 Å². The lowest BCUT2D eigenvalue weighted by Gasteiger charge is -2.24. The van der Waals surface area contributed by atoms with E-state index in [1.807, 2.05) is 66.1 Å². The van der Waals surface area contributed by atoms with Gasteiger partial charge in [-0.2, -0.15) is 0 Å². The molecular formula is C23H19BrN2O. The third-order valence-electron chi connectivity index (χ3n) is 4.74. The summed E-state index contributed by atoms with van der Waals surface area (Å²) in [4.78, 5) is 18.4. The SMILES string of the molecule is CCc1nc2ccc(Br)cc2c(=O)n1C(c1ccccc1)c1ccccc1. The molecule has 0 aliphatic heterocycles. The molecule has 3 aromatic carbocycles. The molecule has 0 spiro atoms. The maximum absolute atomic E-state index is 13.6. The molecule has 3 nitrogen and oxygen atoms in total. The Hall–Kier alpha value is -2.72. The fourth-order valence-electron chi connectivity index (χ4n) is 3.49. The normalized spacial score (nSPS) is 11.2. The van der Waals surface area contributed by atoms with Gasteiger partial charge in [-0.3, -0.25) is 9.36 Å². The maximum atomic E-state index is 13.6. The zero-order valence-electron chi connectivity index (χ0n) is 15.0. The average Bonchev–Trinajstić information content (AvgIpc) is 2.72. The summed E-state index contributed by atoms with van der Waals surface area (Å²) in [5, 5.41) is 0.624. The first-order chi connectivity index (χ1) is 13.2. The van der Waals surface area contributed by atoms with Crippen molar-refractivity contribution < 1.29 is 0 Å². The molecule has 1 aromatic heterocycles. The van der Waals surface area contributed by atoms with Crippen LogP contribution in [0.3, 0.4) is 0 Å². The van der Waals surface area contributed by atoms with Crippen molar-refractivity contribution in [3.63, 3.8) is 0 Å². The van der Waals surface area contributed by atoms with Crippen LogP contribution in [0.2, 0.25) is 0 Å². The molecule has 4 aromatic rings. The molecule has 0 N–H and O–H groups in total. The topological polar surface area (TPSA) is 34.9 Å². The summed E-state index contributed by atoms with van der Waals surface area (Å²) in [7, 11) is 0. The highest BCUT2D eigenvalue weighted by molar-refractivity contribution is 9.10. The van der Waals surface area contributed by atoms with E-state index in [0.29, 0.717) is 11.8 Å². The van der Waals surface area contributed by atoms with Crippen molar-refractivity contribution in [3.8, 4) is 0 Å². The quantitative estimate of drug-likeness (QED) is 0.447.